The topological polar surface area (TPSA) is 18.5 Å². The minimum Gasteiger partial charge on any atom is -0.349 e. The highest BCUT2D eigenvalue weighted by molar-refractivity contribution is 5.32. The van der Waals surface area contributed by atoms with Crippen LogP contribution in [0.1, 0.15) is 23.7 Å². The van der Waals surface area contributed by atoms with Crippen molar-refractivity contribution in [2.45, 2.75) is 25.0 Å². The van der Waals surface area contributed by atoms with Crippen LogP contribution in [-0.2, 0) is 15.9 Å². The van der Waals surface area contributed by atoms with Gasteiger partial charge >= 0.3 is 0 Å². The van der Waals surface area contributed by atoms with E-state index in [2.05, 4.69) is 24.3 Å². The second-order valence-electron chi connectivity index (χ2n) is 3.65. The first-order valence-electron chi connectivity index (χ1n) is 4.76. The van der Waals surface area contributed by atoms with Crippen LogP contribution < -0.4 is 0 Å². The second kappa shape index (κ2) is 2.82. The van der Waals surface area contributed by atoms with Crippen molar-refractivity contribution in [1.29, 1.82) is 0 Å². The molecule has 3 rings (SSSR count). The van der Waals surface area contributed by atoms with Gasteiger partial charge in [0.15, 0.2) is 0 Å². The van der Waals surface area contributed by atoms with E-state index in [0.717, 1.165) is 12.8 Å². The number of aryl methyl sites for hydroxylation is 1. The number of fused-ring (bicyclic) bond motifs is 3. The molecule has 0 N–H and O–H groups in total. The van der Waals surface area contributed by atoms with E-state index in [9.17, 15) is 0 Å². The largest absolute Gasteiger partial charge is 0.349 e. The van der Waals surface area contributed by atoms with Crippen LogP contribution >= 0.6 is 0 Å². The van der Waals surface area contributed by atoms with Crippen LogP contribution in [0.2, 0.25) is 0 Å². The third kappa shape index (κ3) is 1.10. The maximum absolute atomic E-state index is 5.56. The summed E-state index contributed by atoms with van der Waals surface area (Å²) in [5.41, 5.74) is 2.76. The molecule has 2 aliphatic rings. The molecular formula is C11H12O2. The van der Waals surface area contributed by atoms with Gasteiger partial charge in [-0.2, -0.15) is 0 Å². The van der Waals surface area contributed by atoms with Gasteiger partial charge in [-0.15, -0.1) is 0 Å². The Bertz CT molecular complexity index is 322. The summed E-state index contributed by atoms with van der Waals surface area (Å²) < 4.78 is 11.1. The molecule has 2 nitrogen and oxygen atoms in total. The molecule has 13 heavy (non-hydrogen) atoms. The van der Waals surface area contributed by atoms with Crippen molar-refractivity contribution in [2.24, 2.45) is 0 Å². The first kappa shape index (κ1) is 7.54. The lowest BCUT2D eigenvalue weighted by Crippen LogP contribution is -2.22. The second-order valence-corrected chi connectivity index (χ2v) is 3.65. The zero-order valence-corrected chi connectivity index (χ0v) is 7.40. The van der Waals surface area contributed by atoms with Crippen molar-refractivity contribution >= 4 is 0 Å². The van der Waals surface area contributed by atoms with Crippen molar-refractivity contribution in [3.63, 3.8) is 0 Å². The summed E-state index contributed by atoms with van der Waals surface area (Å²) in [6, 6.07) is 8.51. The lowest BCUT2D eigenvalue weighted by atomic mass is 9.88. The molecule has 68 valence electrons. The predicted molar refractivity (Wildman–Crippen MR) is 48.3 cm³/mol. The Morgan fingerprint density at radius 3 is 3.08 bits per heavy atom. The van der Waals surface area contributed by atoms with Gasteiger partial charge in [-0.1, -0.05) is 24.3 Å². The molecule has 1 saturated heterocycles. The highest BCUT2D eigenvalue weighted by Crippen LogP contribution is 2.37. The van der Waals surface area contributed by atoms with Gasteiger partial charge in [0.1, 0.15) is 12.9 Å². The fourth-order valence-electron chi connectivity index (χ4n) is 2.26. The minimum absolute atomic E-state index is 0.199. The molecule has 2 unspecified atom stereocenters. The summed E-state index contributed by atoms with van der Waals surface area (Å²) in [6.07, 6.45) is 2.72. The average molecular weight is 176 g/mol. The molecule has 1 aliphatic carbocycles. The third-order valence-electron chi connectivity index (χ3n) is 2.93. The Kier molecular flexibility index (Phi) is 1.64. The summed E-state index contributed by atoms with van der Waals surface area (Å²) in [6.45, 7) is 0.462. The van der Waals surface area contributed by atoms with Crippen LogP contribution in [-0.4, -0.2) is 12.9 Å². The van der Waals surface area contributed by atoms with Gasteiger partial charge in [-0.05, 0) is 24.0 Å². The van der Waals surface area contributed by atoms with Crippen molar-refractivity contribution in [3.8, 4) is 0 Å². The summed E-state index contributed by atoms with van der Waals surface area (Å²) in [5.74, 6) is 0. The molecule has 1 aromatic carbocycles. The van der Waals surface area contributed by atoms with E-state index in [1.165, 1.54) is 11.1 Å². The maximum Gasteiger partial charge on any atom is 0.148 e. The zero-order valence-electron chi connectivity index (χ0n) is 7.40. The molecule has 0 spiro atoms. The number of hydrogen-bond acceptors (Lipinski definition) is 2. The maximum atomic E-state index is 5.56. The molecule has 0 radical (unpaired) electrons. The SMILES string of the molecule is c1ccc2c(c1)CCC1OCOC21. The van der Waals surface area contributed by atoms with Crippen molar-refractivity contribution in [1.82, 2.24) is 0 Å². The lowest BCUT2D eigenvalue weighted by molar-refractivity contribution is 0.0386. The van der Waals surface area contributed by atoms with Gasteiger partial charge in [0.05, 0.1) is 6.10 Å². The van der Waals surface area contributed by atoms with Gasteiger partial charge in [0.25, 0.3) is 0 Å². The minimum atomic E-state index is 0.199. The molecule has 1 fully saturated rings. The molecule has 0 bridgehead atoms. The molecule has 1 heterocycles. The van der Waals surface area contributed by atoms with Crippen LogP contribution in [0.3, 0.4) is 0 Å². The van der Waals surface area contributed by atoms with E-state index >= 15 is 0 Å². The summed E-state index contributed by atoms with van der Waals surface area (Å²) in [7, 11) is 0. The number of hydrogen-bond donors (Lipinski definition) is 0. The molecule has 2 heteroatoms. The van der Waals surface area contributed by atoms with Crippen molar-refractivity contribution < 1.29 is 9.47 Å². The summed E-state index contributed by atoms with van der Waals surface area (Å²) >= 11 is 0. The quantitative estimate of drug-likeness (QED) is 0.602. The molecule has 1 aliphatic heterocycles. The van der Waals surface area contributed by atoms with E-state index in [-0.39, 0.29) is 6.10 Å². The van der Waals surface area contributed by atoms with Gasteiger partial charge in [-0.25, -0.2) is 0 Å². The zero-order chi connectivity index (χ0) is 8.67. The number of rotatable bonds is 0. The van der Waals surface area contributed by atoms with Crippen LogP contribution in [0.4, 0.5) is 0 Å². The molecule has 2 atom stereocenters. The van der Waals surface area contributed by atoms with E-state index < -0.39 is 0 Å². The van der Waals surface area contributed by atoms with Crippen molar-refractivity contribution in [2.75, 3.05) is 6.79 Å². The highest BCUT2D eigenvalue weighted by Gasteiger charge is 2.34. The smallest absolute Gasteiger partial charge is 0.148 e. The Morgan fingerprint density at radius 1 is 1.15 bits per heavy atom. The monoisotopic (exact) mass is 176 g/mol. The van der Waals surface area contributed by atoms with Crippen molar-refractivity contribution in [3.05, 3.63) is 35.4 Å². The number of benzene rings is 1. The number of ether oxygens (including phenoxy) is 2. The van der Waals surface area contributed by atoms with Gasteiger partial charge in [-0.3, -0.25) is 0 Å². The predicted octanol–water partition coefficient (Wildman–Crippen LogP) is 2.05. The van der Waals surface area contributed by atoms with Crippen LogP contribution in [0.5, 0.6) is 0 Å². The van der Waals surface area contributed by atoms with Gasteiger partial charge in [0.2, 0.25) is 0 Å². The fraction of sp³-hybridized carbons (Fsp3) is 0.455. The van der Waals surface area contributed by atoms with Gasteiger partial charge in [0, 0.05) is 0 Å². The Hall–Kier alpha value is -0.860. The fourth-order valence-corrected chi connectivity index (χ4v) is 2.26. The third-order valence-corrected chi connectivity index (χ3v) is 2.93. The molecule has 1 aromatic rings. The standard InChI is InChI=1S/C11H12O2/c1-2-4-9-8(3-1)5-6-10-11(9)13-7-12-10/h1-4,10-11H,5-7H2. The van der Waals surface area contributed by atoms with E-state index in [4.69, 9.17) is 9.47 Å². The Balaban J connectivity index is 2.06. The molecular weight excluding hydrogens is 164 g/mol. The van der Waals surface area contributed by atoms with E-state index in [1.807, 2.05) is 0 Å². The van der Waals surface area contributed by atoms with Crippen LogP contribution in [0.15, 0.2) is 24.3 Å². The van der Waals surface area contributed by atoms with Crippen LogP contribution in [0, 0.1) is 0 Å². The highest BCUT2D eigenvalue weighted by atomic mass is 16.7. The van der Waals surface area contributed by atoms with E-state index in [0.29, 0.717) is 12.9 Å². The molecule has 0 aromatic heterocycles. The Labute approximate surface area is 77.5 Å². The Morgan fingerprint density at radius 2 is 2.08 bits per heavy atom. The van der Waals surface area contributed by atoms with Gasteiger partial charge < -0.3 is 9.47 Å². The van der Waals surface area contributed by atoms with E-state index in [1.54, 1.807) is 0 Å². The first-order chi connectivity index (χ1) is 6.45. The lowest BCUT2D eigenvalue weighted by Gasteiger charge is -2.25. The van der Waals surface area contributed by atoms with Crippen LogP contribution in [0.25, 0.3) is 0 Å². The molecule has 0 saturated carbocycles. The summed E-state index contributed by atoms with van der Waals surface area (Å²) in [5, 5.41) is 0. The average Bonchev–Trinajstić information content (AvgIpc) is 2.65. The first-order valence-corrected chi connectivity index (χ1v) is 4.76. The molecule has 0 amide bonds. The normalized spacial score (nSPS) is 31.1. The summed E-state index contributed by atoms with van der Waals surface area (Å²) in [4.78, 5) is 0.